The Morgan fingerprint density at radius 2 is 1.96 bits per heavy atom. The summed E-state index contributed by atoms with van der Waals surface area (Å²) in [5.74, 6) is 0.987. The van der Waals surface area contributed by atoms with Crippen molar-refractivity contribution in [2.45, 2.75) is 29.2 Å². The molecule has 2 atom stereocenters. The Labute approximate surface area is 168 Å². The first kappa shape index (κ1) is 18.8. The van der Waals surface area contributed by atoms with Gasteiger partial charge in [-0.25, -0.2) is 18.4 Å². The Bertz CT molecular complexity index is 1140. The van der Waals surface area contributed by atoms with Crippen LogP contribution in [-0.4, -0.2) is 31.5 Å². The van der Waals surface area contributed by atoms with Crippen molar-refractivity contribution in [2.24, 2.45) is 5.92 Å². The summed E-state index contributed by atoms with van der Waals surface area (Å²) in [4.78, 5) is 11.5. The Kier molecular flexibility index (Phi) is 5.04. The van der Waals surface area contributed by atoms with Crippen LogP contribution in [0.1, 0.15) is 30.7 Å². The van der Waals surface area contributed by atoms with E-state index in [4.69, 9.17) is 4.98 Å². The van der Waals surface area contributed by atoms with E-state index < -0.39 is 15.1 Å². The minimum atomic E-state index is -3.88. The van der Waals surface area contributed by atoms with Gasteiger partial charge in [0.25, 0.3) is 0 Å². The number of rotatable bonds is 4. The van der Waals surface area contributed by atoms with Gasteiger partial charge in [0.05, 0.1) is 17.1 Å². The largest absolute Gasteiger partial charge is 0.355 e. The number of aromatic nitrogens is 2. The number of nitrogens with zero attached hydrogens (tertiary/aromatic N) is 4. The molecule has 0 spiro atoms. The summed E-state index contributed by atoms with van der Waals surface area (Å²) in [5, 5.41) is 10.2. The third-order valence-corrected chi connectivity index (χ3v) is 8.28. The van der Waals surface area contributed by atoms with E-state index in [0.29, 0.717) is 22.8 Å². The Hall–Kier alpha value is -2.50. The van der Waals surface area contributed by atoms with Crippen molar-refractivity contribution in [3.05, 3.63) is 47.5 Å². The van der Waals surface area contributed by atoms with E-state index in [1.165, 1.54) is 6.07 Å². The van der Waals surface area contributed by atoms with Crippen LogP contribution in [0.4, 0.5) is 5.82 Å². The van der Waals surface area contributed by atoms with E-state index in [-0.39, 0.29) is 9.90 Å². The molecule has 1 saturated heterocycles. The Morgan fingerprint density at radius 3 is 2.61 bits per heavy atom. The first-order chi connectivity index (χ1) is 13.5. The molecule has 0 aliphatic carbocycles. The molecular weight excluding hydrogens is 392 g/mol. The summed E-state index contributed by atoms with van der Waals surface area (Å²) in [7, 11) is -3.88. The van der Waals surface area contributed by atoms with Crippen LogP contribution < -0.4 is 4.90 Å². The number of piperidine rings is 1. The van der Waals surface area contributed by atoms with Gasteiger partial charge in [0.2, 0.25) is 9.84 Å². The van der Waals surface area contributed by atoms with Crippen LogP contribution in [0.25, 0.3) is 11.0 Å². The molecule has 1 aliphatic heterocycles. The summed E-state index contributed by atoms with van der Waals surface area (Å²) in [6.45, 7) is 3.73. The molecule has 2 aromatic heterocycles. The Morgan fingerprint density at radius 1 is 1.21 bits per heavy atom. The van der Waals surface area contributed by atoms with Crippen molar-refractivity contribution < 1.29 is 8.42 Å². The monoisotopic (exact) mass is 412 g/mol. The fraction of sp³-hybridized carbons (Fsp3) is 0.350. The lowest BCUT2D eigenvalue weighted by Gasteiger charge is -2.33. The number of sulfone groups is 1. The minimum absolute atomic E-state index is 0.173. The molecule has 8 heteroatoms. The highest BCUT2D eigenvalue weighted by Crippen LogP contribution is 2.36. The molecule has 0 bridgehead atoms. The van der Waals surface area contributed by atoms with E-state index in [9.17, 15) is 13.7 Å². The van der Waals surface area contributed by atoms with Crippen molar-refractivity contribution in [1.82, 2.24) is 9.97 Å². The second-order valence-corrected chi connectivity index (χ2v) is 10.3. The predicted octanol–water partition coefficient (Wildman–Crippen LogP) is 3.97. The molecule has 144 valence electrons. The van der Waals surface area contributed by atoms with Crippen LogP contribution in [-0.2, 0) is 9.84 Å². The first-order valence-corrected chi connectivity index (χ1v) is 11.6. The van der Waals surface area contributed by atoms with E-state index in [0.717, 1.165) is 37.3 Å². The number of nitriles is 1. The quantitative estimate of drug-likeness (QED) is 0.644. The van der Waals surface area contributed by atoms with E-state index in [1.807, 2.05) is 24.3 Å². The zero-order valence-electron chi connectivity index (χ0n) is 15.4. The molecule has 1 fully saturated rings. The van der Waals surface area contributed by atoms with E-state index in [2.05, 4.69) is 16.8 Å². The van der Waals surface area contributed by atoms with Crippen LogP contribution in [0.3, 0.4) is 0 Å². The van der Waals surface area contributed by atoms with Crippen molar-refractivity contribution in [1.29, 1.82) is 5.26 Å². The number of benzene rings is 1. The average Bonchev–Trinajstić information content (AvgIpc) is 3.23. The molecule has 0 N–H and O–H groups in total. The van der Waals surface area contributed by atoms with Gasteiger partial charge in [0.1, 0.15) is 9.90 Å². The number of fused-ring (bicyclic) bond motifs is 1. The predicted molar refractivity (Wildman–Crippen MR) is 110 cm³/mol. The summed E-state index contributed by atoms with van der Waals surface area (Å²) in [5.41, 5.74) is 1.52. The summed E-state index contributed by atoms with van der Waals surface area (Å²) in [6, 6.07) is 12.6. The first-order valence-electron chi connectivity index (χ1n) is 9.19. The number of anilines is 1. The molecule has 1 aliphatic rings. The van der Waals surface area contributed by atoms with Gasteiger partial charge >= 0.3 is 0 Å². The van der Waals surface area contributed by atoms with Crippen LogP contribution in [0.15, 0.2) is 46.0 Å². The van der Waals surface area contributed by atoms with Crippen LogP contribution in [0.2, 0.25) is 0 Å². The maximum atomic E-state index is 13.2. The number of hydrogen-bond acceptors (Lipinski definition) is 7. The van der Waals surface area contributed by atoms with Gasteiger partial charge in [-0.3, -0.25) is 0 Å². The number of hydrogen-bond donors (Lipinski definition) is 0. The number of para-hydroxylation sites is 2. The van der Waals surface area contributed by atoms with Gasteiger partial charge in [0, 0.05) is 13.1 Å². The highest BCUT2D eigenvalue weighted by Gasteiger charge is 2.36. The van der Waals surface area contributed by atoms with Crippen molar-refractivity contribution in [3.8, 4) is 6.07 Å². The maximum Gasteiger partial charge on any atom is 0.209 e. The number of thiophene rings is 1. The van der Waals surface area contributed by atoms with Gasteiger partial charge in [-0.15, -0.1) is 11.3 Å². The van der Waals surface area contributed by atoms with Gasteiger partial charge < -0.3 is 4.90 Å². The molecule has 0 unspecified atom stereocenters. The van der Waals surface area contributed by atoms with Crippen LogP contribution in [0, 0.1) is 17.2 Å². The lowest BCUT2D eigenvalue weighted by Crippen LogP contribution is -2.36. The van der Waals surface area contributed by atoms with Crippen molar-refractivity contribution >= 4 is 38.0 Å². The molecule has 1 aromatic carbocycles. The third kappa shape index (κ3) is 3.36. The summed E-state index contributed by atoms with van der Waals surface area (Å²) >= 11 is 1.11. The molecular formula is C20H20N4O2S2. The standard InChI is InChI=1S/C20H20N4O2S2/c1-14-6-4-10-24(13-14)20-19(22-15-7-2-3-8-16(15)23-20)17(12-21)28(25,26)18-9-5-11-27-18/h2-3,5,7-9,11,14,17H,4,6,10,13H2,1H3/t14-,17+/m1/s1. The third-order valence-electron chi connectivity index (χ3n) is 4.99. The summed E-state index contributed by atoms with van der Waals surface area (Å²) in [6.07, 6.45) is 2.13. The molecule has 3 aromatic rings. The topological polar surface area (TPSA) is 86.9 Å². The second kappa shape index (κ2) is 7.49. The SMILES string of the molecule is C[C@@H]1CCCN(c2nc3ccccc3nc2[C@H](C#N)S(=O)(=O)c2cccs2)C1. The molecule has 0 radical (unpaired) electrons. The molecule has 0 saturated carbocycles. The lowest BCUT2D eigenvalue weighted by atomic mass is 10.00. The van der Waals surface area contributed by atoms with Crippen molar-refractivity contribution in [2.75, 3.05) is 18.0 Å². The molecule has 4 rings (SSSR count). The van der Waals surface area contributed by atoms with Gasteiger partial charge in [-0.2, -0.15) is 5.26 Å². The van der Waals surface area contributed by atoms with Crippen molar-refractivity contribution in [3.63, 3.8) is 0 Å². The zero-order valence-corrected chi connectivity index (χ0v) is 17.1. The Balaban J connectivity index is 1.91. The lowest BCUT2D eigenvalue weighted by molar-refractivity contribution is 0.444. The minimum Gasteiger partial charge on any atom is -0.355 e. The van der Waals surface area contributed by atoms with Gasteiger partial charge in [-0.05, 0) is 42.3 Å². The fourth-order valence-electron chi connectivity index (χ4n) is 3.61. The molecule has 0 amide bonds. The van der Waals surface area contributed by atoms with E-state index >= 15 is 0 Å². The van der Waals surface area contributed by atoms with Crippen LogP contribution in [0.5, 0.6) is 0 Å². The molecule has 6 nitrogen and oxygen atoms in total. The maximum absolute atomic E-state index is 13.2. The second-order valence-electron chi connectivity index (χ2n) is 7.10. The smallest absolute Gasteiger partial charge is 0.209 e. The normalized spacial score (nSPS) is 18.7. The molecule has 28 heavy (non-hydrogen) atoms. The fourth-order valence-corrected chi connectivity index (χ4v) is 6.15. The summed E-state index contributed by atoms with van der Waals surface area (Å²) < 4.78 is 26.5. The van der Waals surface area contributed by atoms with Crippen LogP contribution >= 0.6 is 11.3 Å². The van der Waals surface area contributed by atoms with Gasteiger partial charge in [-0.1, -0.05) is 25.1 Å². The van der Waals surface area contributed by atoms with Gasteiger partial charge in [0.15, 0.2) is 11.1 Å². The highest BCUT2D eigenvalue weighted by molar-refractivity contribution is 7.93. The zero-order chi connectivity index (χ0) is 19.7. The highest BCUT2D eigenvalue weighted by atomic mass is 32.2. The average molecular weight is 413 g/mol. The molecule has 3 heterocycles. The van der Waals surface area contributed by atoms with E-state index in [1.54, 1.807) is 17.5 Å².